The first-order chi connectivity index (χ1) is 16.3. The zero-order chi connectivity index (χ0) is 24.3. The van der Waals surface area contributed by atoms with E-state index in [1.165, 1.54) is 48.7 Å². The second kappa shape index (κ2) is 9.45. The van der Waals surface area contributed by atoms with E-state index in [1.54, 1.807) is 6.07 Å². The van der Waals surface area contributed by atoms with Gasteiger partial charge < -0.3 is 20.3 Å². The number of alkyl halides is 3. The monoisotopic (exact) mass is 473 g/mol. The third-order valence-corrected chi connectivity index (χ3v) is 4.70. The Hall–Kier alpha value is -4.03. The van der Waals surface area contributed by atoms with Crippen molar-refractivity contribution in [1.29, 1.82) is 0 Å². The molecule has 0 bridgehead atoms. The van der Waals surface area contributed by atoms with Gasteiger partial charge in [-0.15, -0.1) is 0 Å². The lowest BCUT2D eigenvalue weighted by Crippen LogP contribution is -2.22. The van der Waals surface area contributed by atoms with Crippen molar-refractivity contribution >= 4 is 17.4 Å². The van der Waals surface area contributed by atoms with E-state index >= 15 is 0 Å². The number of imidazole rings is 1. The highest BCUT2D eigenvalue weighted by molar-refractivity contribution is 6.02. The molecule has 3 aromatic heterocycles. The number of amides is 1. The molecule has 0 aliphatic heterocycles. The van der Waals surface area contributed by atoms with Crippen molar-refractivity contribution in [2.75, 3.05) is 18.5 Å². The van der Waals surface area contributed by atoms with Crippen LogP contribution in [-0.4, -0.2) is 55.0 Å². The minimum atomic E-state index is -4.58. The van der Waals surface area contributed by atoms with Gasteiger partial charge in [-0.05, 0) is 24.3 Å². The number of carbonyl (C=O) groups excluding carboxylic acids is 1. The summed E-state index contributed by atoms with van der Waals surface area (Å²) < 4.78 is 46.7. The van der Waals surface area contributed by atoms with E-state index < -0.39 is 30.4 Å². The summed E-state index contributed by atoms with van der Waals surface area (Å²) in [5.41, 5.74) is -0.719. The maximum absolute atomic E-state index is 13.4. The van der Waals surface area contributed by atoms with Crippen molar-refractivity contribution in [3.8, 4) is 17.1 Å². The summed E-state index contributed by atoms with van der Waals surface area (Å²) in [5, 5.41) is 25.0. The van der Waals surface area contributed by atoms with E-state index in [1.807, 2.05) is 0 Å². The number of ether oxygens (including phenoxy) is 1. The van der Waals surface area contributed by atoms with Gasteiger partial charge in [-0.1, -0.05) is 24.3 Å². The second-order valence-corrected chi connectivity index (χ2v) is 7.14. The van der Waals surface area contributed by atoms with Gasteiger partial charge in [0.15, 0.2) is 11.3 Å². The molecular formula is C22H18F3N5O4. The minimum Gasteiger partial charge on any atom is -0.475 e. The number of anilines is 1. The molecule has 0 aliphatic rings. The predicted octanol–water partition coefficient (Wildman–Crippen LogP) is 2.79. The number of aliphatic hydroxyl groups excluding tert-OH is 2. The Morgan fingerprint density at radius 2 is 1.91 bits per heavy atom. The minimum absolute atomic E-state index is 0.0171. The molecule has 0 spiro atoms. The maximum Gasteiger partial charge on any atom is 0.417 e. The zero-order valence-electron chi connectivity index (χ0n) is 17.4. The van der Waals surface area contributed by atoms with Crippen LogP contribution < -0.4 is 10.1 Å². The summed E-state index contributed by atoms with van der Waals surface area (Å²) in [6.45, 7) is -0.673. The van der Waals surface area contributed by atoms with Gasteiger partial charge in [0.05, 0.1) is 24.1 Å². The molecule has 3 N–H and O–H groups in total. The fourth-order valence-electron chi connectivity index (χ4n) is 3.10. The van der Waals surface area contributed by atoms with Crippen molar-refractivity contribution in [3.05, 3.63) is 72.1 Å². The Bertz CT molecular complexity index is 1330. The number of fused-ring (bicyclic) bond motifs is 1. The highest BCUT2D eigenvalue weighted by atomic mass is 19.4. The van der Waals surface area contributed by atoms with Crippen LogP contribution in [-0.2, 0) is 6.18 Å². The number of pyridine rings is 1. The molecule has 1 unspecified atom stereocenters. The molecule has 9 nitrogen and oxygen atoms in total. The summed E-state index contributed by atoms with van der Waals surface area (Å²) in [4.78, 5) is 21.0. The Labute approximate surface area is 190 Å². The first kappa shape index (κ1) is 23.1. The molecule has 0 saturated carbocycles. The average molecular weight is 473 g/mol. The lowest BCUT2D eigenvalue weighted by atomic mass is 10.0. The van der Waals surface area contributed by atoms with Gasteiger partial charge in [-0.2, -0.15) is 23.3 Å². The molecule has 176 valence electrons. The first-order valence-corrected chi connectivity index (χ1v) is 9.98. The van der Waals surface area contributed by atoms with Crippen molar-refractivity contribution in [1.82, 2.24) is 19.6 Å². The van der Waals surface area contributed by atoms with E-state index in [-0.39, 0.29) is 40.9 Å². The van der Waals surface area contributed by atoms with E-state index in [0.717, 1.165) is 10.6 Å². The van der Waals surface area contributed by atoms with E-state index in [0.29, 0.717) is 0 Å². The number of carbonyl (C=O) groups is 1. The topological polar surface area (TPSA) is 122 Å². The van der Waals surface area contributed by atoms with Crippen LogP contribution in [0.15, 0.2) is 60.8 Å². The molecule has 34 heavy (non-hydrogen) atoms. The summed E-state index contributed by atoms with van der Waals surface area (Å²) in [7, 11) is 0. The molecule has 12 heteroatoms. The fraction of sp³-hybridized carbons (Fsp3) is 0.182. The number of nitrogens with zero attached hydrogens (tertiary/aromatic N) is 4. The molecule has 1 aromatic carbocycles. The number of aromatic nitrogens is 4. The quantitative estimate of drug-likeness (QED) is 0.377. The number of halogens is 3. The lowest BCUT2D eigenvalue weighted by molar-refractivity contribution is -0.137. The van der Waals surface area contributed by atoms with Crippen LogP contribution in [0.2, 0.25) is 0 Å². The molecule has 1 amide bonds. The van der Waals surface area contributed by atoms with Crippen LogP contribution in [0, 0.1) is 0 Å². The molecule has 0 aliphatic carbocycles. The Balaban J connectivity index is 1.61. The highest BCUT2D eigenvalue weighted by Crippen LogP contribution is 2.36. The van der Waals surface area contributed by atoms with Crippen molar-refractivity contribution in [2.45, 2.75) is 12.3 Å². The Kier molecular flexibility index (Phi) is 6.43. The maximum atomic E-state index is 13.4. The van der Waals surface area contributed by atoms with Crippen molar-refractivity contribution < 1.29 is 32.9 Å². The van der Waals surface area contributed by atoms with Gasteiger partial charge in [0.1, 0.15) is 18.5 Å². The molecule has 0 radical (unpaired) electrons. The number of aliphatic hydroxyl groups is 2. The predicted molar refractivity (Wildman–Crippen MR) is 114 cm³/mol. The van der Waals surface area contributed by atoms with Crippen LogP contribution in [0.1, 0.15) is 16.1 Å². The Morgan fingerprint density at radius 3 is 2.68 bits per heavy atom. The third-order valence-electron chi connectivity index (χ3n) is 4.70. The van der Waals surface area contributed by atoms with Gasteiger partial charge >= 0.3 is 6.18 Å². The fourth-order valence-corrected chi connectivity index (χ4v) is 3.10. The smallest absolute Gasteiger partial charge is 0.417 e. The molecule has 0 saturated heterocycles. The van der Waals surface area contributed by atoms with Crippen molar-refractivity contribution in [2.24, 2.45) is 0 Å². The number of hydrogen-bond donors (Lipinski definition) is 3. The van der Waals surface area contributed by atoms with Gasteiger partial charge in [0.2, 0.25) is 5.88 Å². The number of hydrogen-bond acceptors (Lipinski definition) is 7. The van der Waals surface area contributed by atoms with Crippen LogP contribution in [0.5, 0.6) is 5.88 Å². The number of benzene rings is 1. The lowest BCUT2D eigenvalue weighted by Gasteiger charge is -2.12. The molecule has 4 aromatic rings. The molecular weight excluding hydrogens is 455 g/mol. The van der Waals surface area contributed by atoms with Crippen LogP contribution >= 0.6 is 0 Å². The van der Waals surface area contributed by atoms with Crippen molar-refractivity contribution in [3.63, 3.8) is 0 Å². The summed E-state index contributed by atoms with van der Waals surface area (Å²) in [6, 6.07) is 12.4. The van der Waals surface area contributed by atoms with Gasteiger partial charge in [0.25, 0.3) is 5.91 Å². The second-order valence-electron chi connectivity index (χ2n) is 7.14. The average Bonchev–Trinajstić information content (AvgIpc) is 3.25. The van der Waals surface area contributed by atoms with Gasteiger partial charge in [-0.3, -0.25) is 4.79 Å². The third kappa shape index (κ3) is 4.97. The molecule has 1 atom stereocenters. The summed E-state index contributed by atoms with van der Waals surface area (Å²) in [6.07, 6.45) is -4.41. The first-order valence-electron chi connectivity index (χ1n) is 9.98. The van der Waals surface area contributed by atoms with Crippen LogP contribution in [0.25, 0.3) is 16.9 Å². The summed E-state index contributed by atoms with van der Waals surface area (Å²) in [5.74, 6) is -0.427. The molecule has 3 heterocycles. The number of rotatable bonds is 7. The molecule has 4 rings (SSSR count). The number of nitrogens with one attached hydrogen (secondary N) is 1. The summed E-state index contributed by atoms with van der Waals surface area (Å²) >= 11 is 0. The SMILES string of the molecule is O=C(Nc1cccc(OCC(O)CO)n1)c1cnc2ccc(-c3ccccc3C(F)(F)F)nn12. The zero-order valence-corrected chi connectivity index (χ0v) is 17.4. The van der Waals surface area contributed by atoms with E-state index in [2.05, 4.69) is 20.4 Å². The molecule has 0 fully saturated rings. The normalized spacial score (nSPS) is 12.5. The van der Waals surface area contributed by atoms with E-state index in [9.17, 15) is 23.1 Å². The van der Waals surface area contributed by atoms with Gasteiger partial charge in [0, 0.05) is 11.6 Å². The Morgan fingerprint density at radius 1 is 1.12 bits per heavy atom. The standard InChI is InChI=1S/C22H18F3N5O4/c23-22(24,25)15-5-2-1-4-14(15)16-8-9-19-26-10-17(30(19)29-16)21(33)28-18-6-3-7-20(27-18)34-12-13(32)11-31/h1-10,13,31-32H,11-12H2,(H,27,28,33). The van der Waals surface area contributed by atoms with Crippen LogP contribution in [0.4, 0.5) is 19.0 Å². The largest absolute Gasteiger partial charge is 0.475 e. The van der Waals surface area contributed by atoms with Crippen LogP contribution in [0.3, 0.4) is 0 Å². The van der Waals surface area contributed by atoms with Gasteiger partial charge in [-0.25, -0.2) is 9.50 Å². The highest BCUT2D eigenvalue weighted by Gasteiger charge is 2.33. The van der Waals surface area contributed by atoms with E-state index in [4.69, 9.17) is 9.84 Å².